The molecular weight excluding hydrogens is 357 g/mol. The number of aromatic nitrogens is 2. The summed E-state index contributed by atoms with van der Waals surface area (Å²) in [5.74, 6) is -0.724. The molecule has 0 radical (unpaired) electrons. The van der Waals surface area contributed by atoms with Crippen LogP contribution in [0.25, 0.3) is 22.3 Å². The number of halogens is 1. The molecule has 0 unspecified atom stereocenters. The van der Waals surface area contributed by atoms with E-state index in [0.717, 1.165) is 5.56 Å². The number of hydrogen-bond donors (Lipinski definition) is 0. The Labute approximate surface area is 158 Å². The minimum absolute atomic E-state index is 0.0975. The number of carbonyl (C=O) groups is 1. The number of carbonyl (C=O) groups excluding carboxylic acids is 1. The van der Waals surface area contributed by atoms with E-state index >= 15 is 0 Å². The molecular formula is C22H12FN3O2. The van der Waals surface area contributed by atoms with Crippen LogP contribution in [0.3, 0.4) is 0 Å². The lowest BCUT2D eigenvalue weighted by Gasteiger charge is -2.17. The number of benzene rings is 2. The molecule has 0 amide bonds. The zero-order valence-electron chi connectivity index (χ0n) is 14.5. The van der Waals surface area contributed by atoms with Gasteiger partial charge in [0, 0.05) is 18.1 Å². The largest absolute Gasteiger partial charge is 0.333 e. The van der Waals surface area contributed by atoms with Crippen molar-refractivity contribution in [3.05, 3.63) is 93.5 Å². The molecule has 1 aliphatic heterocycles. The van der Waals surface area contributed by atoms with E-state index in [2.05, 4.69) is 6.07 Å². The lowest BCUT2D eigenvalue weighted by molar-refractivity contribution is 0.0968. The monoisotopic (exact) mass is 369 g/mol. The predicted molar refractivity (Wildman–Crippen MR) is 102 cm³/mol. The minimum Gasteiger partial charge on any atom is -0.333 e. The normalized spacial score (nSPS) is 12.1. The van der Waals surface area contributed by atoms with Crippen LogP contribution in [0.15, 0.2) is 65.6 Å². The third kappa shape index (κ3) is 2.10. The molecule has 0 fully saturated rings. The molecule has 6 heteroatoms. The second kappa shape index (κ2) is 5.76. The second-order valence-corrected chi connectivity index (χ2v) is 6.65. The molecule has 0 aliphatic carbocycles. The Hall–Kier alpha value is -3.98. The molecule has 3 heterocycles. The molecule has 0 saturated carbocycles. The summed E-state index contributed by atoms with van der Waals surface area (Å²) in [6, 6.07) is 16.6. The summed E-state index contributed by atoms with van der Waals surface area (Å²) < 4.78 is 16.6. The molecule has 28 heavy (non-hydrogen) atoms. The van der Waals surface area contributed by atoms with Gasteiger partial charge >= 0.3 is 0 Å². The van der Waals surface area contributed by atoms with Crippen LogP contribution in [0.1, 0.15) is 21.5 Å². The molecule has 0 N–H and O–H groups in total. The SMILES string of the molecule is N#Cc1cccc2c(=O)c3c(n(Cc4ccc(F)cc4)c12)-c1cccn1C3=O. The van der Waals surface area contributed by atoms with Crippen molar-refractivity contribution in [3.63, 3.8) is 0 Å². The van der Waals surface area contributed by atoms with Crippen LogP contribution in [0.5, 0.6) is 0 Å². The topological polar surface area (TPSA) is 67.8 Å². The molecule has 2 aromatic heterocycles. The molecule has 0 saturated heterocycles. The minimum atomic E-state index is -0.383. The summed E-state index contributed by atoms with van der Waals surface area (Å²) in [6.07, 6.45) is 1.62. The van der Waals surface area contributed by atoms with Gasteiger partial charge in [0.05, 0.1) is 22.5 Å². The van der Waals surface area contributed by atoms with Crippen molar-refractivity contribution in [2.45, 2.75) is 6.54 Å². The predicted octanol–water partition coefficient (Wildman–Crippen LogP) is 3.53. The van der Waals surface area contributed by atoms with E-state index in [0.29, 0.717) is 27.9 Å². The van der Waals surface area contributed by atoms with Crippen LogP contribution < -0.4 is 5.43 Å². The summed E-state index contributed by atoms with van der Waals surface area (Å²) in [6.45, 7) is 0.288. The van der Waals surface area contributed by atoms with E-state index in [1.807, 2.05) is 4.57 Å². The van der Waals surface area contributed by atoms with Crippen LogP contribution in [0, 0.1) is 17.1 Å². The standard InChI is InChI=1S/C22H12FN3O2/c23-15-8-6-13(7-9-15)12-26-19-14(11-24)3-1-4-16(19)21(27)18-20(26)17-5-2-10-25(17)22(18)28/h1-10H,12H2. The van der Waals surface area contributed by atoms with E-state index in [-0.39, 0.29) is 29.3 Å². The molecule has 1 aliphatic rings. The highest BCUT2D eigenvalue weighted by molar-refractivity contribution is 6.10. The van der Waals surface area contributed by atoms with Gasteiger partial charge in [0.25, 0.3) is 5.91 Å². The maximum Gasteiger partial charge on any atom is 0.268 e. The highest BCUT2D eigenvalue weighted by Crippen LogP contribution is 2.34. The van der Waals surface area contributed by atoms with Crippen molar-refractivity contribution < 1.29 is 9.18 Å². The maximum absolute atomic E-state index is 13.3. The fourth-order valence-electron chi connectivity index (χ4n) is 3.86. The van der Waals surface area contributed by atoms with Crippen LogP contribution >= 0.6 is 0 Å². The first-order valence-corrected chi connectivity index (χ1v) is 8.66. The molecule has 0 spiro atoms. The van der Waals surface area contributed by atoms with Gasteiger partial charge in [0.2, 0.25) is 5.43 Å². The fraction of sp³-hybridized carbons (Fsp3) is 0.0455. The first-order chi connectivity index (χ1) is 13.6. The number of nitrogens with zero attached hydrogens (tertiary/aromatic N) is 3. The van der Waals surface area contributed by atoms with Gasteiger partial charge in [-0.15, -0.1) is 0 Å². The lowest BCUT2D eigenvalue weighted by atomic mass is 10.0. The van der Waals surface area contributed by atoms with Gasteiger partial charge in [-0.2, -0.15) is 5.26 Å². The summed E-state index contributed by atoms with van der Waals surface area (Å²) >= 11 is 0. The van der Waals surface area contributed by atoms with Crippen molar-refractivity contribution in [2.75, 3.05) is 0 Å². The van der Waals surface area contributed by atoms with Crippen LogP contribution in [0.4, 0.5) is 4.39 Å². The molecule has 4 aromatic rings. The average Bonchev–Trinajstić information content (AvgIpc) is 3.29. The molecule has 134 valence electrons. The smallest absolute Gasteiger partial charge is 0.268 e. The molecule has 5 rings (SSSR count). The Morgan fingerprint density at radius 3 is 2.54 bits per heavy atom. The van der Waals surface area contributed by atoms with Gasteiger partial charge in [0.1, 0.15) is 17.4 Å². The zero-order valence-corrected chi connectivity index (χ0v) is 14.5. The van der Waals surface area contributed by atoms with Gasteiger partial charge in [-0.05, 0) is 42.0 Å². The summed E-state index contributed by atoms with van der Waals surface area (Å²) in [7, 11) is 0. The Bertz CT molecular complexity index is 1390. The van der Waals surface area contributed by atoms with Gasteiger partial charge < -0.3 is 4.57 Å². The second-order valence-electron chi connectivity index (χ2n) is 6.65. The van der Waals surface area contributed by atoms with E-state index in [9.17, 15) is 19.2 Å². The first-order valence-electron chi connectivity index (χ1n) is 8.66. The van der Waals surface area contributed by atoms with Gasteiger partial charge in [-0.1, -0.05) is 18.2 Å². The Kier molecular flexibility index (Phi) is 3.34. The fourth-order valence-corrected chi connectivity index (χ4v) is 3.86. The zero-order chi connectivity index (χ0) is 19.4. The molecule has 2 aromatic carbocycles. The van der Waals surface area contributed by atoms with Crippen LogP contribution in [-0.4, -0.2) is 15.0 Å². The lowest BCUT2D eigenvalue weighted by Crippen LogP contribution is -2.21. The van der Waals surface area contributed by atoms with Crippen molar-refractivity contribution in [2.24, 2.45) is 0 Å². The van der Waals surface area contributed by atoms with Crippen molar-refractivity contribution in [1.82, 2.24) is 9.13 Å². The number of nitriles is 1. The van der Waals surface area contributed by atoms with E-state index < -0.39 is 0 Å². The summed E-state index contributed by atoms with van der Waals surface area (Å²) in [4.78, 5) is 26.0. The summed E-state index contributed by atoms with van der Waals surface area (Å²) in [5, 5.41) is 9.94. The first kappa shape index (κ1) is 16.2. The van der Waals surface area contributed by atoms with Crippen molar-refractivity contribution in [1.29, 1.82) is 5.26 Å². The van der Waals surface area contributed by atoms with E-state index in [1.165, 1.54) is 16.7 Å². The molecule has 0 atom stereocenters. The molecule has 0 bridgehead atoms. The van der Waals surface area contributed by atoms with E-state index in [4.69, 9.17) is 0 Å². The van der Waals surface area contributed by atoms with E-state index in [1.54, 1.807) is 48.7 Å². The Morgan fingerprint density at radius 2 is 1.79 bits per heavy atom. The van der Waals surface area contributed by atoms with Gasteiger partial charge in [-0.3, -0.25) is 14.2 Å². The third-order valence-corrected chi connectivity index (χ3v) is 5.08. The van der Waals surface area contributed by atoms with Crippen LogP contribution in [0.2, 0.25) is 0 Å². The number of rotatable bonds is 2. The number of pyridine rings is 1. The summed E-state index contributed by atoms with van der Waals surface area (Å²) in [5.41, 5.74) is 2.41. The number of para-hydroxylation sites is 1. The van der Waals surface area contributed by atoms with Crippen molar-refractivity contribution in [3.8, 4) is 17.5 Å². The van der Waals surface area contributed by atoms with Gasteiger partial charge in [0.15, 0.2) is 0 Å². The highest BCUT2D eigenvalue weighted by Gasteiger charge is 2.33. The molecule has 5 nitrogen and oxygen atoms in total. The van der Waals surface area contributed by atoms with Gasteiger partial charge in [-0.25, -0.2) is 4.39 Å². The van der Waals surface area contributed by atoms with Crippen molar-refractivity contribution >= 4 is 16.8 Å². The number of fused-ring (bicyclic) bond motifs is 4. The Balaban J connectivity index is 1.93. The number of hydrogen-bond acceptors (Lipinski definition) is 3. The third-order valence-electron chi connectivity index (χ3n) is 5.08. The Morgan fingerprint density at radius 1 is 1.00 bits per heavy atom. The maximum atomic E-state index is 13.3. The quantitative estimate of drug-likeness (QED) is 0.478. The van der Waals surface area contributed by atoms with Crippen LogP contribution in [-0.2, 0) is 6.54 Å². The average molecular weight is 369 g/mol. The highest BCUT2D eigenvalue weighted by atomic mass is 19.1.